The van der Waals surface area contributed by atoms with Gasteiger partial charge in [0.2, 0.25) is 5.91 Å². The van der Waals surface area contributed by atoms with Gasteiger partial charge >= 0.3 is 17.9 Å². The van der Waals surface area contributed by atoms with Crippen molar-refractivity contribution in [3.63, 3.8) is 0 Å². The number of carboxylic acid groups (broad SMARTS) is 1. The average molecular weight is 377 g/mol. The van der Waals surface area contributed by atoms with Gasteiger partial charge in [0, 0.05) is 6.42 Å². The molecule has 1 aliphatic rings. The molecule has 0 bridgehead atoms. The van der Waals surface area contributed by atoms with E-state index in [0.29, 0.717) is 12.8 Å². The molecule has 0 atom stereocenters. The van der Waals surface area contributed by atoms with Gasteiger partial charge in [0.15, 0.2) is 0 Å². The first-order chi connectivity index (χ1) is 12.8. The molecule has 1 aromatic carbocycles. The first-order valence-corrected chi connectivity index (χ1v) is 8.67. The molecule has 0 saturated heterocycles. The maximum absolute atomic E-state index is 12.6. The molecule has 2 rings (SSSR count). The number of methoxy groups -OCH3 is 2. The van der Waals surface area contributed by atoms with Gasteiger partial charge in [0.25, 0.3) is 0 Å². The minimum Gasteiger partial charge on any atom is -0.481 e. The summed E-state index contributed by atoms with van der Waals surface area (Å²) in [4.78, 5) is 48.0. The van der Waals surface area contributed by atoms with Crippen molar-refractivity contribution in [2.75, 3.05) is 19.5 Å². The van der Waals surface area contributed by atoms with Crippen LogP contribution in [0.4, 0.5) is 5.69 Å². The van der Waals surface area contributed by atoms with Crippen LogP contribution < -0.4 is 5.32 Å². The second kappa shape index (κ2) is 8.66. The van der Waals surface area contributed by atoms with Crippen LogP contribution in [0.3, 0.4) is 0 Å². The molecule has 1 saturated carbocycles. The predicted molar refractivity (Wildman–Crippen MR) is 95.5 cm³/mol. The standard InChI is InChI=1S/C19H23NO7/c1-26-16(22)12-6-7-13(17(23)27-2)14(10-12)20-15(21)11-19(18(24)25)8-4-3-5-9-19/h6-7,10H,3-5,8-9,11H2,1-2H3,(H,20,21)(H,24,25). The highest BCUT2D eigenvalue weighted by atomic mass is 16.5. The third-order valence-electron chi connectivity index (χ3n) is 4.88. The molecule has 1 aromatic rings. The van der Waals surface area contributed by atoms with E-state index in [1.807, 2.05) is 0 Å². The number of aliphatic carboxylic acids is 1. The van der Waals surface area contributed by atoms with Crippen LogP contribution in [0.15, 0.2) is 18.2 Å². The van der Waals surface area contributed by atoms with Gasteiger partial charge in [-0.2, -0.15) is 0 Å². The summed E-state index contributed by atoms with van der Waals surface area (Å²) in [6.07, 6.45) is 3.12. The monoisotopic (exact) mass is 377 g/mol. The van der Waals surface area contributed by atoms with Gasteiger partial charge in [-0.05, 0) is 31.0 Å². The van der Waals surface area contributed by atoms with Crippen molar-refractivity contribution in [3.05, 3.63) is 29.3 Å². The molecule has 0 radical (unpaired) electrons. The van der Waals surface area contributed by atoms with Crippen LogP contribution in [0.2, 0.25) is 0 Å². The molecule has 0 spiro atoms. The average Bonchev–Trinajstić information content (AvgIpc) is 2.67. The molecule has 1 aliphatic carbocycles. The van der Waals surface area contributed by atoms with Crippen molar-refractivity contribution in [2.45, 2.75) is 38.5 Å². The molecular weight excluding hydrogens is 354 g/mol. The van der Waals surface area contributed by atoms with Gasteiger partial charge in [-0.15, -0.1) is 0 Å². The van der Waals surface area contributed by atoms with Gasteiger partial charge in [0.05, 0.1) is 36.4 Å². The number of benzene rings is 1. The SMILES string of the molecule is COC(=O)c1ccc(C(=O)OC)c(NC(=O)CC2(C(=O)O)CCCCC2)c1. The zero-order chi connectivity index (χ0) is 20.0. The minimum atomic E-state index is -1.10. The van der Waals surface area contributed by atoms with Crippen molar-refractivity contribution in [3.8, 4) is 0 Å². The zero-order valence-corrected chi connectivity index (χ0v) is 15.4. The molecule has 0 aromatic heterocycles. The van der Waals surface area contributed by atoms with Gasteiger partial charge in [0.1, 0.15) is 0 Å². The molecule has 1 amide bonds. The Morgan fingerprint density at radius 1 is 1.04 bits per heavy atom. The molecule has 0 unspecified atom stereocenters. The number of hydrogen-bond acceptors (Lipinski definition) is 6. The summed E-state index contributed by atoms with van der Waals surface area (Å²) in [5.74, 6) is -2.84. The molecule has 0 aliphatic heterocycles. The maximum atomic E-state index is 12.6. The number of carboxylic acids is 1. The fourth-order valence-electron chi connectivity index (χ4n) is 3.38. The van der Waals surface area contributed by atoms with Crippen molar-refractivity contribution in [1.82, 2.24) is 0 Å². The first kappa shape index (κ1) is 20.4. The lowest BCUT2D eigenvalue weighted by Gasteiger charge is -2.32. The maximum Gasteiger partial charge on any atom is 0.339 e. The second-order valence-corrected chi connectivity index (χ2v) is 6.61. The number of esters is 2. The molecule has 27 heavy (non-hydrogen) atoms. The fourth-order valence-corrected chi connectivity index (χ4v) is 3.38. The molecule has 8 nitrogen and oxygen atoms in total. The Morgan fingerprint density at radius 3 is 2.22 bits per heavy atom. The lowest BCUT2D eigenvalue weighted by molar-refractivity contribution is -0.153. The third-order valence-corrected chi connectivity index (χ3v) is 4.88. The van der Waals surface area contributed by atoms with E-state index in [2.05, 4.69) is 10.1 Å². The van der Waals surface area contributed by atoms with Crippen molar-refractivity contribution >= 4 is 29.5 Å². The highest BCUT2D eigenvalue weighted by Gasteiger charge is 2.41. The Labute approximate surface area is 156 Å². The quantitative estimate of drug-likeness (QED) is 0.731. The Morgan fingerprint density at radius 2 is 1.67 bits per heavy atom. The van der Waals surface area contributed by atoms with Crippen LogP contribution in [0.1, 0.15) is 59.2 Å². The van der Waals surface area contributed by atoms with E-state index in [0.717, 1.165) is 19.3 Å². The number of rotatable bonds is 6. The van der Waals surface area contributed by atoms with Crippen LogP contribution in [-0.2, 0) is 19.1 Å². The number of nitrogens with one attached hydrogen (secondary N) is 1. The van der Waals surface area contributed by atoms with E-state index >= 15 is 0 Å². The van der Waals surface area contributed by atoms with Crippen molar-refractivity contribution < 1.29 is 33.8 Å². The van der Waals surface area contributed by atoms with E-state index in [4.69, 9.17) is 4.74 Å². The molecular formula is C19H23NO7. The van der Waals surface area contributed by atoms with Crippen molar-refractivity contribution in [1.29, 1.82) is 0 Å². The molecule has 1 fully saturated rings. The Balaban J connectivity index is 2.27. The van der Waals surface area contributed by atoms with Gasteiger partial charge < -0.3 is 19.9 Å². The highest BCUT2D eigenvalue weighted by molar-refractivity contribution is 6.04. The van der Waals surface area contributed by atoms with E-state index < -0.39 is 29.2 Å². The van der Waals surface area contributed by atoms with Crippen LogP contribution in [0, 0.1) is 5.41 Å². The summed E-state index contributed by atoms with van der Waals surface area (Å²) in [7, 11) is 2.41. The zero-order valence-electron chi connectivity index (χ0n) is 15.4. The summed E-state index contributed by atoms with van der Waals surface area (Å²) in [6.45, 7) is 0. The summed E-state index contributed by atoms with van der Waals surface area (Å²) < 4.78 is 9.34. The summed E-state index contributed by atoms with van der Waals surface area (Å²) in [6, 6.07) is 4.04. The highest BCUT2D eigenvalue weighted by Crippen LogP contribution is 2.40. The van der Waals surface area contributed by atoms with Crippen LogP contribution >= 0.6 is 0 Å². The number of anilines is 1. The number of carbonyl (C=O) groups is 4. The van der Waals surface area contributed by atoms with E-state index in [1.165, 1.54) is 32.4 Å². The predicted octanol–water partition coefficient (Wildman–Crippen LogP) is 2.62. The first-order valence-electron chi connectivity index (χ1n) is 8.67. The number of amides is 1. The van der Waals surface area contributed by atoms with Gasteiger partial charge in [-0.25, -0.2) is 9.59 Å². The smallest absolute Gasteiger partial charge is 0.339 e. The lowest BCUT2D eigenvalue weighted by atomic mass is 9.71. The Bertz CT molecular complexity index is 750. The van der Waals surface area contributed by atoms with E-state index in [1.54, 1.807) is 0 Å². The minimum absolute atomic E-state index is 0.0616. The molecule has 8 heteroatoms. The van der Waals surface area contributed by atoms with Crippen LogP contribution in [0.5, 0.6) is 0 Å². The molecule has 0 heterocycles. The third kappa shape index (κ3) is 4.64. The normalized spacial score (nSPS) is 15.5. The molecule has 146 valence electrons. The van der Waals surface area contributed by atoms with Crippen LogP contribution in [0.25, 0.3) is 0 Å². The second-order valence-electron chi connectivity index (χ2n) is 6.61. The number of carbonyl (C=O) groups excluding carboxylic acids is 3. The van der Waals surface area contributed by atoms with Gasteiger partial charge in [-0.1, -0.05) is 19.3 Å². The fraction of sp³-hybridized carbons (Fsp3) is 0.474. The lowest BCUT2D eigenvalue weighted by Crippen LogP contribution is -2.37. The summed E-state index contributed by atoms with van der Waals surface area (Å²) in [5.41, 5.74) is -0.822. The van der Waals surface area contributed by atoms with Gasteiger partial charge in [-0.3, -0.25) is 9.59 Å². The Kier molecular flexibility index (Phi) is 6.55. The summed E-state index contributed by atoms with van der Waals surface area (Å²) >= 11 is 0. The van der Waals surface area contributed by atoms with Crippen LogP contribution in [-0.4, -0.2) is 43.1 Å². The largest absolute Gasteiger partial charge is 0.481 e. The Hall–Kier alpha value is -2.90. The van der Waals surface area contributed by atoms with Crippen molar-refractivity contribution in [2.24, 2.45) is 5.41 Å². The topological polar surface area (TPSA) is 119 Å². The van der Waals surface area contributed by atoms with E-state index in [-0.39, 0.29) is 23.2 Å². The van der Waals surface area contributed by atoms with E-state index in [9.17, 15) is 24.3 Å². The summed E-state index contributed by atoms with van der Waals surface area (Å²) in [5, 5.41) is 12.2. The molecule has 2 N–H and O–H groups in total. The number of hydrogen-bond donors (Lipinski definition) is 2. The number of ether oxygens (including phenoxy) is 2.